The molecule has 1 heterocycles. The molecule has 0 saturated heterocycles. The van der Waals surface area contributed by atoms with Crippen molar-refractivity contribution in [1.82, 2.24) is 15.0 Å². The monoisotopic (exact) mass is 329 g/mol. The zero-order valence-corrected chi connectivity index (χ0v) is 12.0. The number of aromatic nitrogens is 3. The Bertz CT molecular complexity index is 530. The van der Waals surface area contributed by atoms with E-state index in [4.69, 9.17) is 16.7 Å². The molecule has 0 amide bonds. The molecule has 18 heavy (non-hydrogen) atoms. The molecule has 0 fully saturated rings. The molecule has 0 aliphatic heterocycles. The third-order valence-corrected chi connectivity index (χ3v) is 3.38. The van der Waals surface area contributed by atoms with E-state index in [1.54, 1.807) is 4.68 Å². The predicted molar refractivity (Wildman–Crippen MR) is 73.7 cm³/mol. The summed E-state index contributed by atoms with van der Waals surface area (Å²) in [5.41, 5.74) is 1.87. The molecule has 2 rings (SSSR count). The van der Waals surface area contributed by atoms with Gasteiger partial charge in [-0.25, -0.2) is 4.68 Å². The lowest BCUT2D eigenvalue weighted by Gasteiger charge is -2.04. The van der Waals surface area contributed by atoms with Gasteiger partial charge in [-0.3, -0.25) is 0 Å². The van der Waals surface area contributed by atoms with Crippen LogP contribution in [0.25, 0.3) is 0 Å². The highest BCUT2D eigenvalue weighted by Gasteiger charge is 2.05. The molecule has 0 bridgehead atoms. The minimum absolute atomic E-state index is 0.171. The lowest BCUT2D eigenvalue weighted by molar-refractivity contribution is 0.288. The number of benzene rings is 1. The quantitative estimate of drug-likeness (QED) is 0.917. The summed E-state index contributed by atoms with van der Waals surface area (Å²) >= 11 is 9.54. The van der Waals surface area contributed by atoms with E-state index in [0.717, 1.165) is 22.2 Å². The maximum absolute atomic E-state index is 8.76. The van der Waals surface area contributed by atoms with Gasteiger partial charge in [0.2, 0.25) is 0 Å². The van der Waals surface area contributed by atoms with Crippen molar-refractivity contribution in [1.29, 1.82) is 0 Å². The molecule has 2 aromatic rings. The van der Waals surface area contributed by atoms with Gasteiger partial charge in [0.15, 0.2) is 0 Å². The largest absolute Gasteiger partial charge is 0.396 e. The fourth-order valence-electron chi connectivity index (χ4n) is 1.63. The first-order valence-electron chi connectivity index (χ1n) is 5.63. The van der Waals surface area contributed by atoms with Gasteiger partial charge in [0, 0.05) is 22.3 Å². The number of hydrogen-bond donors (Lipinski definition) is 1. The van der Waals surface area contributed by atoms with E-state index in [-0.39, 0.29) is 6.61 Å². The molecule has 0 unspecified atom stereocenters. The van der Waals surface area contributed by atoms with Crippen LogP contribution in [0.4, 0.5) is 0 Å². The van der Waals surface area contributed by atoms with Crippen LogP contribution < -0.4 is 0 Å². The Labute approximate surface area is 119 Å². The highest BCUT2D eigenvalue weighted by molar-refractivity contribution is 9.10. The van der Waals surface area contributed by atoms with Gasteiger partial charge in [-0.05, 0) is 36.6 Å². The zero-order valence-electron chi connectivity index (χ0n) is 9.68. The van der Waals surface area contributed by atoms with Crippen LogP contribution in [0.5, 0.6) is 0 Å². The molecule has 0 atom stereocenters. The summed E-state index contributed by atoms with van der Waals surface area (Å²) in [6.07, 6.45) is 3.33. The first-order valence-corrected chi connectivity index (χ1v) is 6.80. The SMILES string of the molecule is OCCCc1cn(Cc2cc(Br)ccc2Cl)nn1. The van der Waals surface area contributed by atoms with Crippen molar-refractivity contribution in [3.8, 4) is 0 Å². The van der Waals surface area contributed by atoms with Gasteiger partial charge in [-0.1, -0.05) is 32.7 Å². The van der Waals surface area contributed by atoms with E-state index < -0.39 is 0 Å². The van der Waals surface area contributed by atoms with Crippen LogP contribution in [0.2, 0.25) is 5.02 Å². The van der Waals surface area contributed by atoms with Crippen molar-refractivity contribution >= 4 is 27.5 Å². The molecule has 4 nitrogen and oxygen atoms in total. The minimum atomic E-state index is 0.171. The first kappa shape index (κ1) is 13.5. The van der Waals surface area contributed by atoms with Gasteiger partial charge in [0.05, 0.1) is 12.2 Å². The second-order valence-electron chi connectivity index (χ2n) is 3.97. The van der Waals surface area contributed by atoms with E-state index in [9.17, 15) is 0 Å². The summed E-state index contributed by atoms with van der Waals surface area (Å²) in [5.74, 6) is 0. The highest BCUT2D eigenvalue weighted by atomic mass is 79.9. The number of hydrogen-bond acceptors (Lipinski definition) is 3. The van der Waals surface area contributed by atoms with Crippen molar-refractivity contribution in [3.63, 3.8) is 0 Å². The molecule has 6 heteroatoms. The Balaban J connectivity index is 2.08. The zero-order chi connectivity index (χ0) is 13.0. The summed E-state index contributed by atoms with van der Waals surface area (Å²) in [4.78, 5) is 0. The molecule has 0 radical (unpaired) electrons. The molecule has 1 aromatic heterocycles. The van der Waals surface area contributed by atoms with Gasteiger partial charge in [-0.15, -0.1) is 5.10 Å². The fourth-order valence-corrected chi connectivity index (χ4v) is 2.22. The third kappa shape index (κ3) is 3.54. The standard InChI is InChI=1S/C12H13BrClN3O/c13-10-3-4-12(14)9(6-10)7-17-8-11(15-16-17)2-1-5-18/h3-4,6,8,18H,1-2,5,7H2. The average molecular weight is 331 g/mol. The van der Waals surface area contributed by atoms with Gasteiger partial charge in [-0.2, -0.15) is 0 Å². The molecule has 96 valence electrons. The van der Waals surface area contributed by atoms with Crippen LogP contribution in [0.3, 0.4) is 0 Å². The Morgan fingerprint density at radius 3 is 3.00 bits per heavy atom. The summed E-state index contributed by atoms with van der Waals surface area (Å²) < 4.78 is 2.74. The van der Waals surface area contributed by atoms with E-state index in [1.807, 2.05) is 24.4 Å². The minimum Gasteiger partial charge on any atom is -0.396 e. The summed E-state index contributed by atoms with van der Waals surface area (Å²) in [7, 11) is 0. The number of aliphatic hydroxyl groups is 1. The number of halogens is 2. The topological polar surface area (TPSA) is 50.9 Å². The molecule has 0 saturated carbocycles. The van der Waals surface area contributed by atoms with E-state index in [0.29, 0.717) is 18.0 Å². The van der Waals surface area contributed by atoms with E-state index in [2.05, 4.69) is 26.2 Å². The number of nitrogens with zero attached hydrogens (tertiary/aromatic N) is 3. The van der Waals surface area contributed by atoms with Crippen LogP contribution >= 0.6 is 27.5 Å². The maximum Gasteiger partial charge on any atom is 0.0828 e. The first-order chi connectivity index (χ1) is 8.69. The van der Waals surface area contributed by atoms with Crippen molar-refractivity contribution < 1.29 is 5.11 Å². The van der Waals surface area contributed by atoms with Gasteiger partial charge < -0.3 is 5.11 Å². The summed E-state index contributed by atoms with van der Waals surface area (Å²) in [6, 6.07) is 5.72. The third-order valence-electron chi connectivity index (χ3n) is 2.52. The molecular weight excluding hydrogens is 318 g/mol. The molecule has 0 spiro atoms. The maximum atomic E-state index is 8.76. The highest BCUT2D eigenvalue weighted by Crippen LogP contribution is 2.21. The van der Waals surface area contributed by atoms with Crippen molar-refractivity contribution in [2.75, 3.05) is 6.61 Å². The van der Waals surface area contributed by atoms with E-state index >= 15 is 0 Å². The molecule has 0 aliphatic rings. The lowest BCUT2D eigenvalue weighted by Crippen LogP contribution is -2.01. The van der Waals surface area contributed by atoms with Gasteiger partial charge in [0.1, 0.15) is 0 Å². The number of aliphatic hydroxyl groups excluding tert-OH is 1. The van der Waals surface area contributed by atoms with Crippen molar-refractivity contribution in [3.05, 3.63) is 45.1 Å². The Morgan fingerprint density at radius 2 is 2.22 bits per heavy atom. The number of aryl methyl sites for hydroxylation is 1. The van der Waals surface area contributed by atoms with Crippen LogP contribution in [-0.2, 0) is 13.0 Å². The van der Waals surface area contributed by atoms with Gasteiger partial charge >= 0.3 is 0 Å². The summed E-state index contributed by atoms with van der Waals surface area (Å²) in [5, 5.41) is 17.6. The van der Waals surface area contributed by atoms with Crippen LogP contribution in [-0.4, -0.2) is 26.7 Å². The normalized spacial score (nSPS) is 10.8. The Morgan fingerprint density at radius 1 is 1.39 bits per heavy atom. The van der Waals surface area contributed by atoms with Crippen molar-refractivity contribution in [2.24, 2.45) is 0 Å². The Hall–Kier alpha value is -0.910. The molecule has 1 N–H and O–H groups in total. The van der Waals surface area contributed by atoms with Gasteiger partial charge in [0.25, 0.3) is 0 Å². The second kappa shape index (κ2) is 6.31. The number of rotatable bonds is 5. The molecular formula is C12H13BrClN3O. The second-order valence-corrected chi connectivity index (χ2v) is 5.29. The lowest BCUT2D eigenvalue weighted by atomic mass is 10.2. The Kier molecular flexibility index (Phi) is 4.74. The average Bonchev–Trinajstić information content (AvgIpc) is 2.79. The smallest absolute Gasteiger partial charge is 0.0828 e. The van der Waals surface area contributed by atoms with Crippen LogP contribution in [0, 0.1) is 0 Å². The van der Waals surface area contributed by atoms with E-state index in [1.165, 1.54) is 0 Å². The predicted octanol–water partition coefficient (Wildman–Crippen LogP) is 2.67. The summed E-state index contributed by atoms with van der Waals surface area (Å²) in [6.45, 7) is 0.759. The van der Waals surface area contributed by atoms with Crippen LogP contribution in [0.1, 0.15) is 17.7 Å². The fraction of sp³-hybridized carbons (Fsp3) is 0.333. The molecule has 1 aromatic carbocycles. The van der Waals surface area contributed by atoms with Crippen LogP contribution in [0.15, 0.2) is 28.9 Å². The van der Waals surface area contributed by atoms with Crippen molar-refractivity contribution in [2.45, 2.75) is 19.4 Å². The molecule has 0 aliphatic carbocycles.